The molecule has 0 aliphatic carbocycles. The molecular weight excluding hydrogens is 158 g/mol. The number of hydrogen-bond donors (Lipinski definition) is 3. The molecule has 0 bridgehead atoms. The molecule has 0 aliphatic heterocycles. The van der Waals surface area contributed by atoms with Crippen molar-refractivity contribution in [2.45, 2.75) is 19.9 Å². The average molecular weight is 173 g/mol. The van der Waals surface area contributed by atoms with E-state index in [4.69, 9.17) is 11.5 Å². The van der Waals surface area contributed by atoms with Gasteiger partial charge >= 0.3 is 0 Å². The summed E-state index contributed by atoms with van der Waals surface area (Å²) in [5.74, 6) is -0.919. The van der Waals surface area contributed by atoms with Crippen LogP contribution < -0.4 is 16.8 Å². The van der Waals surface area contributed by atoms with E-state index in [1.165, 1.54) is 0 Å². The van der Waals surface area contributed by atoms with Gasteiger partial charge in [0.15, 0.2) is 0 Å². The second kappa shape index (κ2) is 4.71. The van der Waals surface area contributed by atoms with Crippen LogP contribution in [0.5, 0.6) is 0 Å². The van der Waals surface area contributed by atoms with Crippen molar-refractivity contribution in [2.75, 3.05) is 6.54 Å². The number of amides is 2. The highest BCUT2D eigenvalue weighted by atomic mass is 16.2. The summed E-state index contributed by atoms with van der Waals surface area (Å²) in [6.07, 6.45) is 0. The Labute approximate surface area is 71.5 Å². The van der Waals surface area contributed by atoms with E-state index in [1.54, 1.807) is 13.8 Å². The van der Waals surface area contributed by atoms with Crippen LogP contribution in [0.25, 0.3) is 0 Å². The molecule has 0 fully saturated rings. The molecular formula is C7H15N3O2. The van der Waals surface area contributed by atoms with E-state index in [2.05, 4.69) is 5.32 Å². The van der Waals surface area contributed by atoms with Crippen LogP contribution in [0.3, 0.4) is 0 Å². The molecule has 0 aromatic carbocycles. The standard InChI is InChI=1S/C7H15N3O2/c1-4(2)6(7(9)12)10-5(11)3-8/h4,6H,3,8H2,1-2H3,(H2,9,12)(H,10,11)/t6-/m1/s1. The first kappa shape index (κ1) is 10.9. The van der Waals surface area contributed by atoms with Crippen LogP contribution in [0.4, 0.5) is 0 Å². The molecule has 2 amide bonds. The molecule has 5 nitrogen and oxygen atoms in total. The smallest absolute Gasteiger partial charge is 0.240 e. The Morgan fingerprint density at radius 3 is 2.17 bits per heavy atom. The largest absolute Gasteiger partial charge is 0.368 e. The Bertz CT molecular complexity index is 179. The van der Waals surface area contributed by atoms with Gasteiger partial charge in [-0.15, -0.1) is 0 Å². The van der Waals surface area contributed by atoms with Crippen LogP contribution in [0.1, 0.15) is 13.8 Å². The van der Waals surface area contributed by atoms with Crippen LogP contribution in [0.15, 0.2) is 0 Å². The molecule has 12 heavy (non-hydrogen) atoms. The van der Waals surface area contributed by atoms with Gasteiger partial charge in [0.25, 0.3) is 0 Å². The summed E-state index contributed by atoms with van der Waals surface area (Å²) >= 11 is 0. The van der Waals surface area contributed by atoms with Crippen molar-refractivity contribution < 1.29 is 9.59 Å². The van der Waals surface area contributed by atoms with Crippen LogP contribution in [-0.2, 0) is 9.59 Å². The van der Waals surface area contributed by atoms with Gasteiger partial charge in [0.05, 0.1) is 6.54 Å². The van der Waals surface area contributed by atoms with Crippen molar-refractivity contribution in [3.63, 3.8) is 0 Å². The van der Waals surface area contributed by atoms with Gasteiger partial charge in [-0.05, 0) is 5.92 Å². The second-order valence-corrected chi connectivity index (χ2v) is 2.90. The van der Waals surface area contributed by atoms with Gasteiger partial charge < -0.3 is 16.8 Å². The minimum atomic E-state index is -0.624. The highest BCUT2D eigenvalue weighted by Gasteiger charge is 2.20. The van der Waals surface area contributed by atoms with E-state index in [1.807, 2.05) is 0 Å². The minimum Gasteiger partial charge on any atom is -0.368 e. The van der Waals surface area contributed by atoms with E-state index < -0.39 is 11.9 Å². The lowest BCUT2D eigenvalue weighted by atomic mass is 10.0. The number of carbonyl (C=O) groups excluding carboxylic acids is 2. The molecule has 0 saturated carbocycles. The average Bonchev–Trinajstić information content (AvgIpc) is 1.98. The minimum absolute atomic E-state index is 0.0157. The van der Waals surface area contributed by atoms with Crippen molar-refractivity contribution in [1.82, 2.24) is 5.32 Å². The normalized spacial score (nSPS) is 12.7. The maximum absolute atomic E-state index is 10.8. The van der Waals surface area contributed by atoms with Gasteiger partial charge in [-0.2, -0.15) is 0 Å². The van der Waals surface area contributed by atoms with Gasteiger partial charge in [-0.1, -0.05) is 13.8 Å². The Kier molecular flexibility index (Phi) is 4.28. The topological polar surface area (TPSA) is 98.2 Å². The fraction of sp³-hybridized carbons (Fsp3) is 0.714. The van der Waals surface area contributed by atoms with E-state index >= 15 is 0 Å². The first-order valence-electron chi connectivity index (χ1n) is 3.77. The Morgan fingerprint density at radius 1 is 1.42 bits per heavy atom. The van der Waals surface area contributed by atoms with Crippen molar-refractivity contribution in [3.05, 3.63) is 0 Å². The summed E-state index contributed by atoms with van der Waals surface area (Å²) in [6.45, 7) is 3.47. The van der Waals surface area contributed by atoms with Crippen molar-refractivity contribution >= 4 is 11.8 Å². The number of nitrogens with two attached hydrogens (primary N) is 2. The van der Waals surface area contributed by atoms with Gasteiger partial charge in [0.1, 0.15) is 6.04 Å². The van der Waals surface area contributed by atoms with Crippen LogP contribution in [0.2, 0.25) is 0 Å². The number of primary amides is 1. The molecule has 0 radical (unpaired) electrons. The van der Waals surface area contributed by atoms with Gasteiger partial charge in [-0.3, -0.25) is 9.59 Å². The van der Waals surface area contributed by atoms with Crippen LogP contribution in [0, 0.1) is 5.92 Å². The highest BCUT2D eigenvalue weighted by molar-refractivity contribution is 5.87. The third-order valence-corrected chi connectivity index (χ3v) is 1.48. The second-order valence-electron chi connectivity index (χ2n) is 2.90. The molecule has 0 heterocycles. The lowest BCUT2D eigenvalue weighted by Crippen LogP contribution is -2.49. The molecule has 0 aliphatic rings. The SMILES string of the molecule is CC(C)[C@@H](NC(=O)CN)C(N)=O. The number of carbonyl (C=O) groups is 2. The molecule has 5 heteroatoms. The summed E-state index contributed by atoms with van der Waals surface area (Å²) in [6, 6.07) is -0.624. The van der Waals surface area contributed by atoms with E-state index in [0.717, 1.165) is 0 Å². The zero-order valence-corrected chi connectivity index (χ0v) is 7.33. The van der Waals surface area contributed by atoms with Crippen LogP contribution in [-0.4, -0.2) is 24.4 Å². The first-order chi connectivity index (χ1) is 5.49. The molecule has 0 saturated heterocycles. The lowest BCUT2D eigenvalue weighted by Gasteiger charge is -2.18. The highest BCUT2D eigenvalue weighted by Crippen LogP contribution is 1.99. The maximum Gasteiger partial charge on any atom is 0.240 e. The molecule has 0 spiro atoms. The third kappa shape index (κ3) is 3.34. The summed E-state index contributed by atoms with van der Waals surface area (Å²) in [7, 11) is 0. The Hall–Kier alpha value is -1.10. The molecule has 0 aromatic rings. The van der Waals surface area contributed by atoms with Crippen molar-refractivity contribution in [2.24, 2.45) is 17.4 Å². The van der Waals surface area contributed by atoms with Gasteiger partial charge in [-0.25, -0.2) is 0 Å². The fourth-order valence-corrected chi connectivity index (χ4v) is 0.799. The zero-order valence-electron chi connectivity index (χ0n) is 7.33. The summed E-state index contributed by atoms with van der Waals surface area (Å²) < 4.78 is 0. The van der Waals surface area contributed by atoms with Crippen molar-refractivity contribution in [1.29, 1.82) is 0 Å². The van der Waals surface area contributed by atoms with Gasteiger partial charge in [0, 0.05) is 0 Å². The quantitative estimate of drug-likeness (QED) is 0.486. The number of hydrogen-bond acceptors (Lipinski definition) is 3. The summed E-state index contributed by atoms with van der Waals surface area (Å²) in [5.41, 5.74) is 10.1. The Balaban J connectivity index is 4.14. The predicted octanol–water partition coefficient (Wildman–Crippen LogP) is -1.43. The summed E-state index contributed by atoms with van der Waals surface area (Å²) in [5, 5.41) is 2.43. The monoisotopic (exact) mass is 173 g/mol. The molecule has 0 unspecified atom stereocenters. The molecule has 5 N–H and O–H groups in total. The molecule has 0 aromatic heterocycles. The zero-order chi connectivity index (χ0) is 9.72. The Morgan fingerprint density at radius 2 is 1.92 bits per heavy atom. The van der Waals surface area contributed by atoms with E-state index in [-0.39, 0.29) is 18.4 Å². The number of nitrogens with one attached hydrogen (secondary N) is 1. The fourth-order valence-electron chi connectivity index (χ4n) is 0.799. The van der Waals surface area contributed by atoms with Crippen LogP contribution >= 0.6 is 0 Å². The first-order valence-corrected chi connectivity index (χ1v) is 3.77. The number of rotatable bonds is 4. The molecule has 1 atom stereocenters. The molecule has 0 rings (SSSR count). The molecule has 70 valence electrons. The van der Waals surface area contributed by atoms with E-state index in [0.29, 0.717) is 0 Å². The van der Waals surface area contributed by atoms with Crippen molar-refractivity contribution in [3.8, 4) is 0 Å². The lowest BCUT2D eigenvalue weighted by molar-refractivity contribution is -0.127. The third-order valence-electron chi connectivity index (χ3n) is 1.48. The maximum atomic E-state index is 10.8. The summed E-state index contributed by atoms with van der Waals surface area (Å²) in [4.78, 5) is 21.5. The predicted molar refractivity (Wildman–Crippen MR) is 45.0 cm³/mol. The van der Waals surface area contributed by atoms with E-state index in [9.17, 15) is 9.59 Å². The van der Waals surface area contributed by atoms with Gasteiger partial charge in [0.2, 0.25) is 11.8 Å².